The highest BCUT2D eigenvalue weighted by Gasteiger charge is 2.21. The Kier molecular flexibility index (Phi) is 12.0. The summed E-state index contributed by atoms with van der Waals surface area (Å²) in [6, 6.07) is 0. The van der Waals surface area contributed by atoms with Crippen LogP contribution in [0.5, 0.6) is 0 Å². The average molecular weight is 423 g/mol. The van der Waals surface area contributed by atoms with Gasteiger partial charge in [0.25, 0.3) is 0 Å². The highest BCUT2D eigenvalue weighted by molar-refractivity contribution is 14.0. The number of hydrogen-bond donors (Lipinski definition) is 3. The van der Waals surface area contributed by atoms with E-state index in [1.54, 1.807) is 5.57 Å². The number of nitrogens with one attached hydrogen (secondary N) is 2. The van der Waals surface area contributed by atoms with Crippen LogP contribution in [0.2, 0.25) is 0 Å². The van der Waals surface area contributed by atoms with Gasteiger partial charge >= 0.3 is 0 Å². The molecule has 0 saturated carbocycles. The van der Waals surface area contributed by atoms with Crippen LogP contribution in [-0.4, -0.2) is 36.3 Å². The molecule has 0 aromatic rings. The Hall–Kier alpha value is -0.300. The maximum atomic E-state index is 10.3. The zero-order valence-corrected chi connectivity index (χ0v) is 16.8. The van der Waals surface area contributed by atoms with Crippen molar-refractivity contribution in [2.24, 2.45) is 4.99 Å². The molecule has 0 saturated heterocycles. The first-order chi connectivity index (χ1) is 10.1. The minimum Gasteiger partial charge on any atom is -0.388 e. The second-order valence-electron chi connectivity index (χ2n) is 5.91. The molecule has 3 N–H and O–H groups in total. The van der Waals surface area contributed by atoms with E-state index in [0.717, 1.165) is 38.3 Å². The third-order valence-electron chi connectivity index (χ3n) is 4.32. The first-order valence-corrected chi connectivity index (χ1v) is 8.56. The van der Waals surface area contributed by atoms with Crippen molar-refractivity contribution in [3.63, 3.8) is 0 Å². The molecule has 130 valence electrons. The highest BCUT2D eigenvalue weighted by atomic mass is 127. The maximum absolute atomic E-state index is 10.3. The van der Waals surface area contributed by atoms with Crippen molar-refractivity contribution < 1.29 is 5.11 Å². The molecule has 5 heteroatoms. The largest absolute Gasteiger partial charge is 0.388 e. The molecule has 0 fully saturated rings. The van der Waals surface area contributed by atoms with Crippen molar-refractivity contribution in [3.05, 3.63) is 11.6 Å². The fourth-order valence-corrected chi connectivity index (χ4v) is 2.51. The summed E-state index contributed by atoms with van der Waals surface area (Å²) >= 11 is 0. The van der Waals surface area contributed by atoms with Crippen molar-refractivity contribution in [2.75, 3.05) is 19.6 Å². The number of halogens is 1. The number of allylic oxidation sites excluding steroid dienone is 1. The molecule has 0 atom stereocenters. The Morgan fingerprint density at radius 3 is 2.50 bits per heavy atom. The van der Waals surface area contributed by atoms with Crippen molar-refractivity contribution in [2.45, 2.75) is 71.3 Å². The molecule has 1 aliphatic carbocycles. The first-order valence-electron chi connectivity index (χ1n) is 8.56. The minimum absolute atomic E-state index is 0. The van der Waals surface area contributed by atoms with Crippen LogP contribution in [0.1, 0.15) is 65.7 Å². The quantitative estimate of drug-likeness (QED) is 0.242. The minimum atomic E-state index is -0.672. The van der Waals surface area contributed by atoms with Gasteiger partial charge in [-0.1, -0.05) is 25.5 Å². The van der Waals surface area contributed by atoms with Crippen LogP contribution in [0.25, 0.3) is 0 Å². The Balaban J connectivity index is 0.00000441. The van der Waals surface area contributed by atoms with Crippen LogP contribution in [0.3, 0.4) is 0 Å². The first kappa shape index (κ1) is 21.7. The summed E-state index contributed by atoms with van der Waals surface area (Å²) in [4.78, 5) is 4.53. The number of guanidine groups is 1. The normalized spacial score (nSPS) is 15.8. The summed E-state index contributed by atoms with van der Waals surface area (Å²) in [6.45, 7) is 8.29. The molecule has 1 aliphatic rings. The van der Waals surface area contributed by atoms with Gasteiger partial charge in [-0.05, 0) is 51.9 Å². The summed E-state index contributed by atoms with van der Waals surface area (Å²) < 4.78 is 0. The molecule has 0 amide bonds. The van der Waals surface area contributed by atoms with Crippen LogP contribution < -0.4 is 10.6 Å². The van der Waals surface area contributed by atoms with Gasteiger partial charge in [-0.15, -0.1) is 24.0 Å². The fourth-order valence-electron chi connectivity index (χ4n) is 2.51. The molecule has 0 unspecified atom stereocenters. The van der Waals surface area contributed by atoms with Crippen LogP contribution in [0, 0.1) is 0 Å². The predicted octanol–water partition coefficient (Wildman–Crippen LogP) is 3.60. The number of nitrogens with zero attached hydrogens (tertiary/aromatic N) is 1. The van der Waals surface area contributed by atoms with E-state index in [9.17, 15) is 5.11 Å². The lowest BCUT2D eigenvalue weighted by Gasteiger charge is -2.23. The molecule has 0 aromatic heterocycles. The molecule has 1 rings (SSSR count). The van der Waals surface area contributed by atoms with Gasteiger partial charge in [-0.2, -0.15) is 0 Å². The number of rotatable bonds is 8. The summed E-state index contributed by atoms with van der Waals surface area (Å²) in [5, 5.41) is 16.9. The molecule has 4 nitrogen and oxygen atoms in total. The third kappa shape index (κ3) is 8.36. The Labute approximate surface area is 153 Å². The van der Waals surface area contributed by atoms with Crippen molar-refractivity contribution in [1.29, 1.82) is 0 Å². The molecule has 0 aliphatic heterocycles. The fraction of sp³-hybridized carbons (Fsp3) is 0.824. The van der Waals surface area contributed by atoms with E-state index in [0.29, 0.717) is 6.54 Å². The summed E-state index contributed by atoms with van der Waals surface area (Å²) in [7, 11) is 0. The molecule has 0 radical (unpaired) electrons. The van der Waals surface area contributed by atoms with E-state index in [4.69, 9.17) is 0 Å². The van der Waals surface area contributed by atoms with E-state index in [-0.39, 0.29) is 24.0 Å². The molecule has 0 heterocycles. The van der Waals surface area contributed by atoms with Crippen molar-refractivity contribution >= 4 is 29.9 Å². The van der Waals surface area contributed by atoms with Gasteiger partial charge in [0.05, 0.1) is 12.1 Å². The third-order valence-corrected chi connectivity index (χ3v) is 4.32. The van der Waals surface area contributed by atoms with Gasteiger partial charge < -0.3 is 15.7 Å². The van der Waals surface area contributed by atoms with Gasteiger partial charge in [0.15, 0.2) is 5.96 Å². The van der Waals surface area contributed by atoms with Gasteiger partial charge in [0.2, 0.25) is 0 Å². The summed E-state index contributed by atoms with van der Waals surface area (Å²) in [5.74, 6) is 0.814. The van der Waals surface area contributed by atoms with Crippen LogP contribution in [-0.2, 0) is 0 Å². The summed E-state index contributed by atoms with van der Waals surface area (Å²) in [6.07, 6.45) is 10.1. The lowest BCUT2D eigenvalue weighted by Crippen LogP contribution is -2.40. The predicted molar refractivity (Wildman–Crippen MR) is 106 cm³/mol. The van der Waals surface area contributed by atoms with E-state index in [1.165, 1.54) is 25.7 Å². The second kappa shape index (κ2) is 12.2. The van der Waals surface area contributed by atoms with Crippen LogP contribution in [0.15, 0.2) is 16.6 Å². The van der Waals surface area contributed by atoms with E-state index in [2.05, 4.69) is 28.6 Å². The van der Waals surface area contributed by atoms with Crippen molar-refractivity contribution in [1.82, 2.24) is 10.6 Å². The van der Waals surface area contributed by atoms with Gasteiger partial charge in [0, 0.05) is 13.1 Å². The topological polar surface area (TPSA) is 56.7 Å². The molecular formula is C17H34IN3O. The number of hydrogen-bond acceptors (Lipinski definition) is 2. The molecule has 22 heavy (non-hydrogen) atoms. The number of aliphatic hydroxyl groups is 1. The maximum Gasteiger partial charge on any atom is 0.191 e. The van der Waals surface area contributed by atoms with Crippen LogP contribution >= 0.6 is 24.0 Å². The average Bonchev–Trinajstić information content (AvgIpc) is 2.53. The molecule has 0 aromatic carbocycles. The number of aliphatic imine (C=N–C) groups is 1. The van der Waals surface area contributed by atoms with Crippen LogP contribution in [0.4, 0.5) is 0 Å². The van der Waals surface area contributed by atoms with E-state index < -0.39 is 5.60 Å². The van der Waals surface area contributed by atoms with E-state index >= 15 is 0 Å². The molecule has 0 spiro atoms. The zero-order valence-electron chi connectivity index (χ0n) is 14.5. The Morgan fingerprint density at radius 2 is 1.95 bits per heavy atom. The Morgan fingerprint density at radius 1 is 1.23 bits per heavy atom. The second-order valence-corrected chi connectivity index (χ2v) is 5.91. The SMILES string of the molecule is CCNC(=NCC(O)(CC)CC)NCCC1=CCCCC1.I. The lowest BCUT2D eigenvalue weighted by atomic mass is 9.97. The van der Waals surface area contributed by atoms with Crippen molar-refractivity contribution in [3.8, 4) is 0 Å². The highest BCUT2D eigenvalue weighted by Crippen LogP contribution is 2.19. The monoisotopic (exact) mass is 423 g/mol. The zero-order chi connectivity index (χ0) is 15.6. The molecule has 0 bridgehead atoms. The van der Waals surface area contributed by atoms with E-state index in [1.807, 2.05) is 13.8 Å². The van der Waals surface area contributed by atoms with Gasteiger partial charge in [-0.25, -0.2) is 0 Å². The smallest absolute Gasteiger partial charge is 0.191 e. The molecular weight excluding hydrogens is 389 g/mol. The Bertz CT molecular complexity index is 352. The van der Waals surface area contributed by atoms with Gasteiger partial charge in [0.1, 0.15) is 0 Å². The summed E-state index contributed by atoms with van der Waals surface area (Å²) in [5.41, 5.74) is 0.900. The van der Waals surface area contributed by atoms with Gasteiger partial charge in [-0.3, -0.25) is 4.99 Å². The lowest BCUT2D eigenvalue weighted by molar-refractivity contribution is 0.0418. The standard InChI is InChI=1S/C17H33N3O.HI/c1-4-17(21,5-2)14-20-16(18-6-3)19-13-12-15-10-8-7-9-11-15;/h10,21H,4-9,11-14H2,1-3H3,(H2,18,19,20);1H.